The molecule has 0 bridgehead atoms. The highest BCUT2D eigenvalue weighted by atomic mass is 79.9. The van der Waals surface area contributed by atoms with E-state index in [1.54, 1.807) is 6.07 Å². The van der Waals surface area contributed by atoms with E-state index >= 15 is 0 Å². The zero-order chi connectivity index (χ0) is 11.8. The summed E-state index contributed by atoms with van der Waals surface area (Å²) in [5.41, 5.74) is 0.741. The van der Waals surface area contributed by atoms with Crippen LogP contribution in [0.1, 0.15) is 5.82 Å². The maximum atomic E-state index is 13.3. The van der Waals surface area contributed by atoms with Gasteiger partial charge in [-0.05, 0) is 18.2 Å². The Kier molecular flexibility index (Phi) is 2.68. The summed E-state index contributed by atoms with van der Waals surface area (Å²) in [6.07, 6.45) is 0. The van der Waals surface area contributed by atoms with E-state index in [0.29, 0.717) is 12.4 Å². The van der Waals surface area contributed by atoms with Crippen molar-refractivity contribution in [1.82, 2.24) is 20.1 Å². The molecule has 1 N–H and O–H groups in total. The molecule has 0 atom stereocenters. The van der Waals surface area contributed by atoms with Crippen LogP contribution in [-0.2, 0) is 13.1 Å². The molecule has 17 heavy (non-hydrogen) atoms. The number of rotatable bonds is 1. The molecule has 1 aliphatic rings. The van der Waals surface area contributed by atoms with E-state index in [-0.39, 0.29) is 5.82 Å². The van der Waals surface area contributed by atoms with Gasteiger partial charge in [-0.3, -0.25) is 0 Å². The van der Waals surface area contributed by atoms with Crippen molar-refractivity contribution >= 4 is 15.9 Å². The van der Waals surface area contributed by atoms with Crippen LogP contribution in [0.25, 0.3) is 11.4 Å². The Bertz CT molecular complexity index is 567. The molecular formula is C11H10BrFN4. The van der Waals surface area contributed by atoms with Crippen LogP contribution < -0.4 is 5.32 Å². The molecule has 2 aromatic rings. The minimum atomic E-state index is -0.269. The van der Waals surface area contributed by atoms with Crippen LogP contribution in [0.5, 0.6) is 0 Å². The maximum Gasteiger partial charge on any atom is 0.165 e. The quantitative estimate of drug-likeness (QED) is 0.875. The van der Waals surface area contributed by atoms with Crippen LogP contribution in [0.4, 0.5) is 4.39 Å². The molecule has 0 saturated heterocycles. The van der Waals surface area contributed by atoms with E-state index in [9.17, 15) is 4.39 Å². The molecule has 0 unspecified atom stereocenters. The average molecular weight is 297 g/mol. The summed E-state index contributed by atoms with van der Waals surface area (Å²) < 4.78 is 16.1. The second-order valence-corrected chi connectivity index (χ2v) is 4.75. The Morgan fingerprint density at radius 1 is 1.35 bits per heavy atom. The van der Waals surface area contributed by atoms with Gasteiger partial charge in [0.2, 0.25) is 0 Å². The molecule has 0 fully saturated rings. The molecule has 1 aromatic heterocycles. The highest BCUT2D eigenvalue weighted by molar-refractivity contribution is 9.10. The van der Waals surface area contributed by atoms with Gasteiger partial charge in [-0.25, -0.2) is 4.39 Å². The Labute approximate surface area is 106 Å². The summed E-state index contributed by atoms with van der Waals surface area (Å²) in [5, 5.41) is 11.5. The van der Waals surface area contributed by atoms with Crippen molar-refractivity contribution in [3.05, 3.63) is 34.3 Å². The van der Waals surface area contributed by atoms with Crippen LogP contribution in [0.15, 0.2) is 22.7 Å². The van der Waals surface area contributed by atoms with Crippen LogP contribution in [0.3, 0.4) is 0 Å². The highest BCUT2D eigenvalue weighted by Gasteiger charge is 2.18. The van der Waals surface area contributed by atoms with Crippen molar-refractivity contribution in [3.63, 3.8) is 0 Å². The SMILES string of the molecule is Fc1ccc(Br)c(-c2nnc3n2CCNC3)c1. The topological polar surface area (TPSA) is 42.7 Å². The predicted molar refractivity (Wildman–Crippen MR) is 64.8 cm³/mol. The molecule has 6 heteroatoms. The van der Waals surface area contributed by atoms with Crippen molar-refractivity contribution in [2.45, 2.75) is 13.1 Å². The Morgan fingerprint density at radius 3 is 3.12 bits per heavy atom. The van der Waals surface area contributed by atoms with Crippen LogP contribution >= 0.6 is 15.9 Å². The number of halogens is 2. The van der Waals surface area contributed by atoms with E-state index in [1.165, 1.54) is 12.1 Å². The third-order valence-electron chi connectivity index (χ3n) is 2.79. The monoisotopic (exact) mass is 296 g/mol. The molecule has 0 spiro atoms. The molecule has 88 valence electrons. The molecule has 0 amide bonds. The van der Waals surface area contributed by atoms with Crippen molar-refractivity contribution in [2.24, 2.45) is 0 Å². The first kappa shape index (κ1) is 10.9. The fourth-order valence-electron chi connectivity index (χ4n) is 1.96. The fourth-order valence-corrected chi connectivity index (χ4v) is 2.38. The highest BCUT2D eigenvalue weighted by Crippen LogP contribution is 2.28. The van der Waals surface area contributed by atoms with Gasteiger partial charge in [-0.1, -0.05) is 15.9 Å². The maximum absolute atomic E-state index is 13.3. The second kappa shape index (κ2) is 4.19. The first-order chi connectivity index (χ1) is 8.25. The number of nitrogens with zero attached hydrogens (tertiary/aromatic N) is 3. The number of nitrogens with one attached hydrogen (secondary N) is 1. The second-order valence-electron chi connectivity index (χ2n) is 3.89. The van der Waals surface area contributed by atoms with Gasteiger partial charge in [0.25, 0.3) is 0 Å². The van der Waals surface area contributed by atoms with Gasteiger partial charge in [0.05, 0.1) is 6.54 Å². The van der Waals surface area contributed by atoms with Gasteiger partial charge < -0.3 is 9.88 Å². The van der Waals surface area contributed by atoms with E-state index in [1.807, 2.05) is 4.57 Å². The normalized spacial score (nSPS) is 14.7. The van der Waals surface area contributed by atoms with E-state index in [2.05, 4.69) is 31.4 Å². The molecule has 2 heterocycles. The van der Waals surface area contributed by atoms with Crippen molar-refractivity contribution in [3.8, 4) is 11.4 Å². The molecule has 1 aliphatic heterocycles. The van der Waals surface area contributed by atoms with Crippen LogP contribution in [0.2, 0.25) is 0 Å². The first-order valence-corrected chi connectivity index (χ1v) is 6.13. The van der Waals surface area contributed by atoms with Crippen molar-refractivity contribution in [2.75, 3.05) is 6.54 Å². The van der Waals surface area contributed by atoms with Gasteiger partial charge in [-0.2, -0.15) is 0 Å². The minimum Gasteiger partial charge on any atom is -0.309 e. The van der Waals surface area contributed by atoms with Crippen molar-refractivity contribution < 1.29 is 4.39 Å². The van der Waals surface area contributed by atoms with E-state index < -0.39 is 0 Å². The number of hydrogen-bond acceptors (Lipinski definition) is 3. The Balaban J connectivity index is 2.15. The van der Waals surface area contributed by atoms with Crippen LogP contribution in [0, 0.1) is 5.82 Å². The summed E-state index contributed by atoms with van der Waals surface area (Å²) in [6.45, 7) is 2.39. The molecule has 3 rings (SSSR count). The lowest BCUT2D eigenvalue weighted by Gasteiger charge is -2.16. The summed E-state index contributed by atoms with van der Waals surface area (Å²) in [5.74, 6) is 1.34. The van der Waals surface area contributed by atoms with Crippen molar-refractivity contribution in [1.29, 1.82) is 0 Å². The van der Waals surface area contributed by atoms with Gasteiger partial charge in [0, 0.05) is 23.1 Å². The summed E-state index contributed by atoms with van der Waals surface area (Å²) in [7, 11) is 0. The van der Waals surface area contributed by atoms with Gasteiger partial charge >= 0.3 is 0 Å². The smallest absolute Gasteiger partial charge is 0.165 e. The molecule has 1 aromatic carbocycles. The van der Waals surface area contributed by atoms with Gasteiger partial charge in [-0.15, -0.1) is 10.2 Å². The number of hydrogen-bond donors (Lipinski definition) is 1. The molecule has 0 saturated carbocycles. The first-order valence-electron chi connectivity index (χ1n) is 5.34. The molecule has 0 aliphatic carbocycles. The fraction of sp³-hybridized carbons (Fsp3) is 0.273. The van der Waals surface area contributed by atoms with Gasteiger partial charge in [0.1, 0.15) is 11.6 Å². The lowest BCUT2D eigenvalue weighted by Crippen LogP contribution is -2.28. The number of benzene rings is 1. The largest absolute Gasteiger partial charge is 0.309 e. The lowest BCUT2D eigenvalue weighted by molar-refractivity contribution is 0.508. The zero-order valence-electron chi connectivity index (χ0n) is 8.95. The van der Waals surface area contributed by atoms with E-state index in [4.69, 9.17) is 0 Å². The van der Waals surface area contributed by atoms with Crippen LogP contribution in [-0.4, -0.2) is 21.3 Å². The standard InChI is InChI=1S/C11H10BrFN4/c12-9-2-1-7(13)5-8(9)11-16-15-10-6-14-3-4-17(10)11/h1-2,5,14H,3-4,6H2. The number of aromatic nitrogens is 3. The lowest BCUT2D eigenvalue weighted by atomic mass is 10.2. The molecule has 0 radical (unpaired) electrons. The summed E-state index contributed by atoms with van der Waals surface area (Å²) >= 11 is 3.42. The minimum absolute atomic E-state index is 0.269. The number of fused-ring (bicyclic) bond motifs is 1. The molecular weight excluding hydrogens is 287 g/mol. The van der Waals surface area contributed by atoms with Gasteiger partial charge in [0.15, 0.2) is 5.82 Å². The Hall–Kier alpha value is -1.27. The van der Waals surface area contributed by atoms with E-state index in [0.717, 1.165) is 29.0 Å². The Morgan fingerprint density at radius 2 is 2.24 bits per heavy atom. The molecule has 4 nitrogen and oxygen atoms in total. The summed E-state index contributed by atoms with van der Waals surface area (Å²) in [6, 6.07) is 4.58. The summed E-state index contributed by atoms with van der Waals surface area (Å²) in [4.78, 5) is 0. The zero-order valence-corrected chi connectivity index (χ0v) is 10.5. The third-order valence-corrected chi connectivity index (χ3v) is 3.48. The average Bonchev–Trinajstić information content (AvgIpc) is 2.76. The predicted octanol–water partition coefficient (Wildman–Crippen LogP) is 1.95. The third kappa shape index (κ3) is 1.87.